The zero-order chi connectivity index (χ0) is 19.2. The Balaban J connectivity index is 1.96. The molecule has 1 N–H and O–H groups in total. The van der Waals surface area contributed by atoms with Crippen LogP contribution in [0.1, 0.15) is 48.9 Å². The summed E-state index contributed by atoms with van der Waals surface area (Å²) < 4.78 is 7.45. The molecule has 5 heteroatoms. The van der Waals surface area contributed by atoms with Crippen LogP contribution in [0.15, 0.2) is 48.8 Å². The summed E-state index contributed by atoms with van der Waals surface area (Å²) in [5, 5.41) is 3.03. The molecule has 2 aromatic heterocycles. The Bertz CT molecular complexity index is 917. The Morgan fingerprint density at radius 2 is 2.15 bits per heavy atom. The van der Waals surface area contributed by atoms with E-state index in [9.17, 15) is 4.79 Å². The van der Waals surface area contributed by atoms with Crippen molar-refractivity contribution in [2.45, 2.75) is 39.0 Å². The van der Waals surface area contributed by atoms with E-state index in [2.05, 4.69) is 34.6 Å². The fourth-order valence-electron chi connectivity index (χ4n) is 3.27. The van der Waals surface area contributed by atoms with E-state index >= 15 is 0 Å². The van der Waals surface area contributed by atoms with Crippen LogP contribution in [0.25, 0.3) is 5.65 Å². The van der Waals surface area contributed by atoms with Crippen molar-refractivity contribution in [3.8, 4) is 5.75 Å². The maximum Gasteiger partial charge on any atom is 0.221 e. The van der Waals surface area contributed by atoms with Crippen LogP contribution in [0.2, 0.25) is 0 Å². The van der Waals surface area contributed by atoms with Gasteiger partial charge < -0.3 is 14.5 Å². The minimum Gasteiger partial charge on any atom is -0.497 e. The lowest BCUT2D eigenvalue weighted by atomic mass is 9.92. The molecule has 5 nitrogen and oxygen atoms in total. The van der Waals surface area contributed by atoms with Crippen molar-refractivity contribution in [1.82, 2.24) is 14.7 Å². The van der Waals surface area contributed by atoms with Gasteiger partial charge in [0.15, 0.2) is 0 Å². The molecule has 1 unspecified atom stereocenters. The number of hydrogen-bond acceptors (Lipinski definition) is 3. The van der Waals surface area contributed by atoms with Crippen LogP contribution < -0.4 is 10.1 Å². The van der Waals surface area contributed by atoms with Crippen molar-refractivity contribution >= 4 is 11.6 Å². The van der Waals surface area contributed by atoms with Crippen LogP contribution in [-0.2, 0) is 4.79 Å². The third-order valence-electron chi connectivity index (χ3n) is 4.79. The number of nitrogens with zero attached hydrogens (tertiary/aromatic N) is 2. The summed E-state index contributed by atoms with van der Waals surface area (Å²) in [5.74, 6) is 0.742. The highest BCUT2D eigenvalue weighted by atomic mass is 16.5. The van der Waals surface area contributed by atoms with Gasteiger partial charge >= 0.3 is 0 Å². The van der Waals surface area contributed by atoms with E-state index < -0.39 is 0 Å². The monoisotopic (exact) mass is 365 g/mol. The van der Waals surface area contributed by atoms with Gasteiger partial charge in [0.2, 0.25) is 5.91 Å². The number of pyridine rings is 1. The number of imidazole rings is 1. The fourth-order valence-corrected chi connectivity index (χ4v) is 3.27. The molecule has 142 valence electrons. The number of rotatable bonds is 8. The number of methoxy groups -OCH3 is 1. The van der Waals surface area contributed by atoms with Crippen LogP contribution in [0, 0.1) is 6.92 Å². The van der Waals surface area contributed by atoms with E-state index in [0.29, 0.717) is 13.0 Å². The first-order valence-corrected chi connectivity index (χ1v) is 9.46. The molecule has 0 saturated heterocycles. The number of ether oxygens (including phenoxy) is 1. The zero-order valence-electron chi connectivity index (χ0n) is 16.2. The van der Waals surface area contributed by atoms with Gasteiger partial charge in [-0.3, -0.25) is 4.79 Å². The lowest BCUT2D eigenvalue weighted by Gasteiger charge is -2.18. The van der Waals surface area contributed by atoms with Crippen molar-refractivity contribution in [1.29, 1.82) is 0 Å². The Morgan fingerprint density at radius 1 is 1.30 bits per heavy atom. The molecule has 0 aliphatic carbocycles. The number of nitrogens with one attached hydrogen (secondary N) is 1. The number of aryl methyl sites for hydroxylation is 1. The van der Waals surface area contributed by atoms with Crippen LogP contribution in [-0.4, -0.2) is 28.9 Å². The molecule has 1 aromatic carbocycles. The number of carbonyl (C=O) groups is 1. The standard InChI is InChI=1S/C22H27N3O2/c1-4-5-10-23-22(26)14-19(17-7-6-8-18(13-17)27-3)20-15-24-21-12-16(2)9-11-25(20)21/h6-9,11-13,15,19H,4-5,10,14H2,1-3H3,(H,23,26). The van der Waals surface area contributed by atoms with Crippen LogP contribution >= 0.6 is 0 Å². The normalized spacial score (nSPS) is 12.1. The summed E-state index contributed by atoms with van der Waals surface area (Å²) >= 11 is 0. The van der Waals surface area contributed by atoms with E-state index in [1.165, 1.54) is 0 Å². The highest BCUT2D eigenvalue weighted by molar-refractivity contribution is 5.77. The summed E-state index contributed by atoms with van der Waals surface area (Å²) in [4.78, 5) is 17.1. The van der Waals surface area contributed by atoms with E-state index in [1.807, 2.05) is 42.7 Å². The Hall–Kier alpha value is -2.82. The van der Waals surface area contributed by atoms with Gasteiger partial charge in [-0.2, -0.15) is 0 Å². The Labute approximate surface area is 160 Å². The van der Waals surface area contributed by atoms with Gasteiger partial charge in [-0.05, 0) is 48.7 Å². The predicted octanol–water partition coefficient (Wildman–Crippen LogP) is 4.09. The quantitative estimate of drug-likeness (QED) is 0.612. The average molecular weight is 365 g/mol. The van der Waals surface area contributed by atoms with E-state index in [1.54, 1.807) is 7.11 Å². The number of benzene rings is 1. The van der Waals surface area contributed by atoms with E-state index in [4.69, 9.17) is 4.74 Å². The second-order valence-electron chi connectivity index (χ2n) is 6.85. The molecule has 3 rings (SSSR count). The van der Waals surface area contributed by atoms with Crippen LogP contribution in [0.3, 0.4) is 0 Å². The largest absolute Gasteiger partial charge is 0.497 e. The van der Waals surface area contributed by atoms with Gasteiger partial charge in [-0.1, -0.05) is 25.5 Å². The number of unbranched alkanes of at least 4 members (excludes halogenated alkanes) is 1. The van der Waals surface area contributed by atoms with Gasteiger partial charge in [0.1, 0.15) is 11.4 Å². The molecule has 0 radical (unpaired) electrons. The molecule has 0 fully saturated rings. The van der Waals surface area contributed by atoms with Crippen LogP contribution in [0.4, 0.5) is 0 Å². The summed E-state index contributed by atoms with van der Waals surface area (Å²) in [6.07, 6.45) is 6.32. The molecule has 2 heterocycles. The Kier molecular flexibility index (Phi) is 6.12. The van der Waals surface area contributed by atoms with Crippen LogP contribution in [0.5, 0.6) is 5.75 Å². The number of aromatic nitrogens is 2. The van der Waals surface area contributed by atoms with E-state index in [-0.39, 0.29) is 11.8 Å². The van der Waals surface area contributed by atoms with Gasteiger partial charge in [-0.25, -0.2) is 4.98 Å². The lowest BCUT2D eigenvalue weighted by molar-refractivity contribution is -0.121. The summed E-state index contributed by atoms with van der Waals surface area (Å²) in [7, 11) is 1.66. The SMILES string of the molecule is CCCCNC(=O)CC(c1cccc(OC)c1)c1cnc2cc(C)ccn12. The molecule has 1 amide bonds. The highest BCUT2D eigenvalue weighted by Gasteiger charge is 2.22. The number of amides is 1. The van der Waals surface area contributed by atoms with Crippen molar-refractivity contribution in [2.75, 3.05) is 13.7 Å². The molecule has 27 heavy (non-hydrogen) atoms. The molecular formula is C22H27N3O2. The van der Waals surface area contributed by atoms with Gasteiger partial charge in [0.25, 0.3) is 0 Å². The molecule has 1 atom stereocenters. The fraction of sp³-hybridized carbons (Fsp3) is 0.364. The third-order valence-corrected chi connectivity index (χ3v) is 4.79. The lowest BCUT2D eigenvalue weighted by Crippen LogP contribution is -2.26. The first-order chi connectivity index (χ1) is 13.1. The minimum absolute atomic E-state index is 0.0540. The van der Waals surface area contributed by atoms with Crippen molar-refractivity contribution in [2.24, 2.45) is 0 Å². The van der Waals surface area contributed by atoms with E-state index in [0.717, 1.165) is 41.1 Å². The predicted molar refractivity (Wildman–Crippen MR) is 107 cm³/mol. The topological polar surface area (TPSA) is 55.6 Å². The molecular weight excluding hydrogens is 338 g/mol. The Morgan fingerprint density at radius 3 is 2.93 bits per heavy atom. The first kappa shape index (κ1) is 19.0. The maximum atomic E-state index is 12.6. The molecule has 0 bridgehead atoms. The van der Waals surface area contributed by atoms with Crippen molar-refractivity contribution < 1.29 is 9.53 Å². The molecule has 3 aromatic rings. The minimum atomic E-state index is -0.0977. The van der Waals surface area contributed by atoms with Gasteiger partial charge in [0, 0.05) is 31.3 Å². The molecule has 0 spiro atoms. The second-order valence-corrected chi connectivity index (χ2v) is 6.85. The zero-order valence-corrected chi connectivity index (χ0v) is 16.2. The van der Waals surface area contributed by atoms with Gasteiger partial charge in [0.05, 0.1) is 12.8 Å². The summed E-state index contributed by atoms with van der Waals surface area (Å²) in [6, 6.07) is 12.0. The maximum absolute atomic E-state index is 12.6. The van der Waals surface area contributed by atoms with Crippen molar-refractivity contribution in [3.05, 3.63) is 65.6 Å². The third kappa shape index (κ3) is 4.48. The molecule has 0 aliphatic heterocycles. The average Bonchev–Trinajstić information content (AvgIpc) is 3.09. The van der Waals surface area contributed by atoms with Crippen molar-refractivity contribution in [3.63, 3.8) is 0 Å². The highest BCUT2D eigenvalue weighted by Crippen LogP contribution is 2.31. The molecule has 0 saturated carbocycles. The second kappa shape index (κ2) is 8.71. The number of fused-ring (bicyclic) bond motifs is 1. The summed E-state index contributed by atoms with van der Waals surface area (Å²) in [5.41, 5.74) is 4.10. The number of carbonyl (C=O) groups excluding carboxylic acids is 1. The molecule has 0 aliphatic rings. The summed E-state index contributed by atoms with van der Waals surface area (Å²) in [6.45, 7) is 4.88. The number of hydrogen-bond donors (Lipinski definition) is 1. The smallest absolute Gasteiger partial charge is 0.221 e. The van der Waals surface area contributed by atoms with Gasteiger partial charge in [-0.15, -0.1) is 0 Å². The first-order valence-electron chi connectivity index (χ1n) is 9.46.